The van der Waals surface area contributed by atoms with Gasteiger partial charge in [0.05, 0.1) is 6.54 Å². The Morgan fingerprint density at radius 3 is 2.39 bits per heavy atom. The van der Waals surface area contributed by atoms with Crippen molar-refractivity contribution in [3.8, 4) is 0 Å². The normalized spacial score (nSPS) is 21.3. The Labute approximate surface area is 135 Å². The third kappa shape index (κ3) is 3.70. The molecule has 1 N–H and O–H groups in total. The van der Waals surface area contributed by atoms with Gasteiger partial charge in [-0.2, -0.15) is 0 Å². The van der Waals surface area contributed by atoms with Gasteiger partial charge in [-0.15, -0.1) is 0 Å². The number of ether oxygens (including phenoxy) is 1. The van der Waals surface area contributed by atoms with E-state index in [0.717, 1.165) is 10.5 Å². The topological polar surface area (TPSA) is 83.9 Å². The summed E-state index contributed by atoms with van der Waals surface area (Å²) in [6, 6.07) is 8.96. The number of carbonyl (C=O) groups excluding carboxylic acids is 2. The number of carboxylic acids is 1. The summed E-state index contributed by atoms with van der Waals surface area (Å²) in [5.74, 6) is -1.48. The Hall–Kier alpha value is -2.37. The largest absolute Gasteiger partial charge is 0.479 e. The van der Waals surface area contributed by atoms with Crippen LogP contribution < -0.4 is 0 Å². The minimum absolute atomic E-state index is 0.0636. The molecule has 0 saturated carbocycles. The third-order valence-corrected chi connectivity index (χ3v) is 3.69. The molecule has 1 aromatic rings. The zero-order valence-corrected chi connectivity index (χ0v) is 13.5. The number of carbonyl (C=O) groups is 3. The van der Waals surface area contributed by atoms with E-state index in [9.17, 15) is 19.5 Å². The minimum Gasteiger partial charge on any atom is -0.479 e. The molecule has 1 aliphatic heterocycles. The summed E-state index contributed by atoms with van der Waals surface area (Å²) in [5, 5.41) is 9.76. The van der Waals surface area contributed by atoms with Crippen LogP contribution in [0.5, 0.6) is 0 Å². The maximum Gasteiger partial charge on any atom is 0.411 e. The molecule has 0 aromatic heterocycles. The molecular weight excluding hydrogens is 298 g/mol. The van der Waals surface area contributed by atoms with Crippen molar-refractivity contribution in [2.45, 2.75) is 44.8 Å². The maximum atomic E-state index is 12.4. The first-order valence-corrected chi connectivity index (χ1v) is 7.44. The quantitative estimate of drug-likeness (QED) is 0.924. The lowest BCUT2D eigenvalue weighted by molar-refractivity contribution is -0.149. The third-order valence-electron chi connectivity index (χ3n) is 3.69. The summed E-state index contributed by atoms with van der Waals surface area (Å²) in [4.78, 5) is 37.3. The molecular formula is C17H21NO5. The number of hydrogen-bond acceptors (Lipinski definition) is 4. The molecule has 2 rings (SSSR count). The van der Waals surface area contributed by atoms with Crippen LogP contribution in [0.2, 0.25) is 0 Å². The van der Waals surface area contributed by atoms with Gasteiger partial charge in [0.25, 0.3) is 0 Å². The van der Waals surface area contributed by atoms with Gasteiger partial charge in [-0.3, -0.25) is 9.69 Å². The number of hydrogen-bond donors (Lipinski definition) is 1. The van der Waals surface area contributed by atoms with Crippen molar-refractivity contribution in [3.05, 3.63) is 35.9 Å². The Balaban J connectivity index is 2.36. The van der Waals surface area contributed by atoms with Gasteiger partial charge in [-0.05, 0) is 26.3 Å². The van der Waals surface area contributed by atoms with Crippen LogP contribution in [0.15, 0.2) is 30.3 Å². The van der Waals surface area contributed by atoms with Crippen LogP contribution in [0, 0.1) is 0 Å². The van der Waals surface area contributed by atoms with E-state index >= 15 is 0 Å². The van der Waals surface area contributed by atoms with Crippen molar-refractivity contribution in [3.63, 3.8) is 0 Å². The summed E-state index contributed by atoms with van der Waals surface area (Å²) in [6.07, 6.45) is -0.924. The minimum atomic E-state index is -1.60. The zero-order chi connectivity index (χ0) is 17.3. The van der Waals surface area contributed by atoms with Crippen LogP contribution in [0.3, 0.4) is 0 Å². The number of likely N-dealkylation sites (tertiary alicyclic amines) is 1. The summed E-state index contributed by atoms with van der Waals surface area (Å²) in [6.45, 7) is 4.85. The fraction of sp³-hybridized carbons (Fsp3) is 0.471. The molecule has 6 nitrogen and oxygen atoms in total. The number of carboxylic acid groups (broad SMARTS) is 1. The zero-order valence-electron chi connectivity index (χ0n) is 13.5. The molecule has 6 heteroatoms. The van der Waals surface area contributed by atoms with Crippen molar-refractivity contribution in [2.75, 3.05) is 6.54 Å². The van der Waals surface area contributed by atoms with Crippen molar-refractivity contribution in [1.29, 1.82) is 0 Å². The van der Waals surface area contributed by atoms with Gasteiger partial charge in [0, 0.05) is 12.8 Å². The van der Waals surface area contributed by atoms with Crippen LogP contribution in [0.1, 0.15) is 32.8 Å². The first-order chi connectivity index (χ1) is 10.6. The molecule has 0 aliphatic carbocycles. The summed E-state index contributed by atoms with van der Waals surface area (Å²) >= 11 is 0. The average Bonchev–Trinajstić information content (AvgIpc) is 2.76. The summed E-state index contributed by atoms with van der Waals surface area (Å²) in [7, 11) is 0. The molecule has 124 valence electrons. The first-order valence-electron chi connectivity index (χ1n) is 7.44. The van der Waals surface area contributed by atoms with E-state index in [0.29, 0.717) is 0 Å². The first kappa shape index (κ1) is 17.0. The molecule has 0 unspecified atom stereocenters. The van der Waals surface area contributed by atoms with Crippen LogP contribution in [0.4, 0.5) is 4.79 Å². The highest BCUT2D eigenvalue weighted by Crippen LogP contribution is 2.33. The molecule has 0 bridgehead atoms. The Kier molecular flexibility index (Phi) is 4.45. The summed E-state index contributed by atoms with van der Waals surface area (Å²) < 4.78 is 5.28. The predicted octanol–water partition coefficient (Wildman–Crippen LogP) is 2.26. The molecule has 0 radical (unpaired) electrons. The highest BCUT2D eigenvalue weighted by molar-refractivity contribution is 5.98. The fourth-order valence-corrected chi connectivity index (χ4v) is 2.72. The Bertz CT molecular complexity index is 620. The standard InChI is InChI=1S/C17H21NO5/c1-16(2,3)23-15(22)18-11-13(19)10-17(18,14(20)21)9-12-7-5-4-6-8-12/h4-8H,9-11H2,1-3H3,(H,20,21)/t17-/m1/s1. The number of benzene rings is 1. The van der Waals surface area contributed by atoms with Crippen molar-refractivity contribution < 1.29 is 24.2 Å². The Morgan fingerprint density at radius 2 is 1.87 bits per heavy atom. The van der Waals surface area contributed by atoms with Gasteiger partial charge in [-0.1, -0.05) is 30.3 Å². The molecule has 1 fully saturated rings. The van der Waals surface area contributed by atoms with Gasteiger partial charge in [0.2, 0.25) is 0 Å². The van der Waals surface area contributed by atoms with Crippen LogP contribution in [-0.2, 0) is 20.7 Å². The van der Waals surface area contributed by atoms with Crippen molar-refractivity contribution in [1.82, 2.24) is 4.90 Å². The number of rotatable bonds is 3. The summed E-state index contributed by atoms with van der Waals surface area (Å²) in [5.41, 5.74) is -1.61. The molecule has 1 saturated heterocycles. The van der Waals surface area contributed by atoms with Gasteiger partial charge in [-0.25, -0.2) is 9.59 Å². The number of amides is 1. The van der Waals surface area contributed by atoms with Crippen LogP contribution in [-0.4, -0.2) is 45.5 Å². The van der Waals surface area contributed by atoms with E-state index in [4.69, 9.17) is 4.74 Å². The molecule has 1 amide bonds. The van der Waals surface area contributed by atoms with Crippen molar-refractivity contribution >= 4 is 17.8 Å². The molecule has 1 aliphatic rings. The second-order valence-electron chi connectivity index (χ2n) is 6.78. The Morgan fingerprint density at radius 1 is 1.26 bits per heavy atom. The lowest BCUT2D eigenvalue weighted by Crippen LogP contribution is -2.55. The van der Waals surface area contributed by atoms with Crippen LogP contribution >= 0.6 is 0 Å². The predicted molar refractivity (Wildman–Crippen MR) is 83.1 cm³/mol. The van der Waals surface area contributed by atoms with E-state index in [-0.39, 0.29) is 25.2 Å². The smallest absolute Gasteiger partial charge is 0.411 e. The molecule has 1 heterocycles. The fourth-order valence-electron chi connectivity index (χ4n) is 2.72. The van der Waals surface area contributed by atoms with E-state index in [1.807, 2.05) is 6.07 Å². The number of aliphatic carboxylic acids is 1. The van der Waals surface area contributed by atoms with E-state index in [2.05, 4.69) is 0 Å². The molecule has 0 spiro atoms. The second-order valence-corrected chi connectivity index (χ2v) is 6.78. The van der Waals surface area contributed by atoms with E-state index in [1.54, 1.807) is 45.0 Å². The van der Waals surface area contributed by atoms with E-state index in [1.165, 1.54) is 0 Å². The number of nitrogens with zero attached hydrogens (tertiary/aromatic N) is 1. The molecule has 1 atom stereocenters. The monoisotopic (exact) mass is 319 g/mol. The number of ketones is 1. The lowest BCUT2D eigenvalue weighted by atomic mass is 9.88. The highest BCUT2D eigenvalue weighted by Gasteiger charge is 2.54. The van der Waals surface area contributed by atoms with Gasteiger partial charge in [0.15, 0.2) is 11.3 Å². The van der Waals surface area contributed by atoms with Crippen molar-refractivity contribution in [2.24, 2.45) is 0 Å². The SMILES string of the molecule is CC(C)(C)OC(=O)N1CC(=O)C[C@]1(Cc1ccccc1)C(=O)O. The molecule has 1 aromatic carbocycles. The van der Waals surface area contributed by atoms with Gasteiger partial charge in [0.1, 0.15) is 5.60 Å². The average molecular weight is 319 g/mol. The number of Topliss-reactive ketones (excluding diaryl/α,β-unsaturated/α-hetero) is 1. The molecule has 23 heavy (non-hydrogen) atoms. The highest BCUT2D eigenvalue weighted by atomic mass is 16.6. The van der Waals surface area contributed by atoms with Gasteiger partial charge < -0.3 is 9.84 Å². The second kappa shape index (κ2) is 6.02. The lowest BCUT2D eigenvalue weighted by Gasteiger charge is -2.35. The van der Waals surface area contributed by atoms with E-state index < -0.39 is 23.2 Å². The van der Waals surface area contributed by atoms with Gasteiger partial charge >= 0.3 is 12.1 Å². The van der Waals surface area contributed by atoms with Crippen LogP contribution in [0.25, 0.3) is 0 Å². The maximum absolute atomic E-state index is 12.4.